The largest absolute Gasteiger partial charge is 0.464 e. The molecule has 0 spiro atoms. The zero-order valence-electron chi connectivity index (χ0n) is 13.2. The molecule has 3 heteroatoms. The lowest BCUT2D eigenvalue weighted by atomic mass is 10.1. The van der Waals surface area contributed by atoms with E-state index in [0.717, 1.165) is 31.1 Å². The van der Waals surface area contributed by atoms with E-state index >= 15 is 0 Å². The molecular formula is C16H32O3. The highest BCUT2D eigenvalue weighted by atomic mass is 16.6. The average Bonchev–Trinajstić information content (AvgIpc) is 2.32. The van der Waals surface area contributed by atoms with Gasteiger partial charge < -0.3 is 9.47 Å². The molecule has 0 aromatic heterocycles. The predicted octanol–water partition coefficient (Wildman–Crippen LogP) is 4.20. The van der Waals surface area contributed by atoms with Crippen molar-refractivity contribution in [3.8, 4) is 0 Å². The number of hydrogen-bond acceptors (Lipinski definition) is 3. The van der Waals surface area contributed by atoms with Gasteiger partial charge in [0.05, 0.1) is 6.61 Å². The number of unbranched alkanes of at least 4 members (excludes halogenated alkanes) is 2. The van der Waals surface area contributed by atoms with Crippen molar-refractivity contribution in [1.29, 1.82) is 0 Å². The lowest BCUT2D eigenvalue weighted by Crippen LogP contribution is -2.14. The van der Waals surface area contributed by atoms with Crippen molar-refractivity contribution >= 4 is 5.97 Å². The van der Waals surface area contributed by atoms with E-state index in [-0.39, 0.29) is 12.6 Å². The molecule has 0 aliphatic rings. The van der Waals surface area contributed by atoms with Crippen LogP contribution < -0.4 is 0 Å². The third-order valence-corrected chi connectivity index (χ3v) is 2.98. The zero-order valence-corrected chi connectivity index (χ0v) is 13.2. The SMILES string of the molecule is CC(C)CCCCOCC(=O)OCCCCC(C)C. The number of carbonyl (C=O) groups is 1. The Bertz CT molecular complexity index is 212. The number of hydrogen-bond donors (Lipinski definition) is 0. The van der Waals surface area contributed by atoms with Gasteiger partial charge in [0.15, 0.2) is 0 Å². The number of esters is 1. The molecule has 0 N–H and O–H groups in total. The third-order valence-electron chi connectivity index (χ3n) is 2.98. The molecule has 0 aromatic carbocycles. The summed E-state index contributed by atoms with van der Waals surface area (Å²) >= 11 is 0. The summed E-state index contributed by atoms with van der Waals surface area (Å²) in [6.07, 6.45) is 6.70. The van der Waals surface area contributed by atoms with Crippen LogP contribution >= 0.6 is 0 Å². The Hall–Kier alpha value is -0.570. The molecule has 0 bridgehead atoms. The first-order valence-electron chi connectivity index (χ1n) is 7.75. The van der Waals surface area contributed by atoms with Gasteiger partial charge in [0.25, 0.3) is 0 Å². The second-order valence-corrected chi connectivity index (χ2v) is 6.05. The molecule has 0 saturated carbocycles. The van der Waals surface area contributed by atoms with E-state index in [0.29, 0.717) is 13.2 Å². The van der Waals surface area contributed by atoms with Gasteiger partial charge in [-0.1, -0.05) is 47.0 Å². The van der Waals surface area contributed by atoms with Crippen molar-refractivity contribution in [2.75, 3.05) is 19.8 Å². The summed E-state index contributed by atoms with van der Waals surface area (Å²) < 4.78 is 10.4. The van der Waals surface area contributed by atoms with Crippen molar-refractivity contribution in [3.05, 3.63) is 0 Å². The van der Waals surface area contributed by atoms with Gasteiger partial charge in [-0.15, -0.1) is 0 Å². The Morgan fingerprint density at radius 3 is 1.89 bits per heavy atom. The van der Waals surface area contributed by atoms with Crippen molar-refractivity contribution in [2.45, 2.75) is 66.2 Å². The van der Waals surface area contributed by atoms with Crippen molar-refractivity contribution < 1.29 is 14.3 Å². The van der Waals surface area contributed by atoms with Crippen LogP contribution in [0.15, 0.2) is 0 Å². The van der Waals surface area contributed by atoms with Crippen molar-refractivity contribution in [1.82, 2.24) is 0 Å². The molecule has 3 nitrogen and oxygen atoms in total. The first-order valence-corrected chi connectivity index (χ1v) is 7.75. The van der Waals surface area contributed by atoms with Gasteiger partial charge in [0, 0.05) is 6.61 Å². The molecule has 114 valence electrons. The summed E-state index contributed by atoms with van der Waals surface area (Å²) in [6, 6.07) is 0. The lowest BCUT2D eigenvalue weighted by Gasteiger charge is -2.07. The number of ether oxygens (including phenoxy) is 2. The first-order chi connectivity index (χ1) is 9.02. The van der Waals surface area contributed by atoms with E-state index in [1.807, 2.05) is 0 Å². The zero-order chi connectivity index (χ0) is 14.5. The summed E-state index contributed by atoms with van der Waals surface area (Å²) in [6.45, 7) is 10.1. The van der Waals surface area contributed by atoms with Crippen LogP contribution in [-0.2, 0) is 14.3 Å². The molecule has 19 heavy (non-hydrogen) atoms. The molecule has 0 amide bonds. The molecule has 0 rings (SSSR count). The Morgan fingerprint density at radius 2 is 1.37 bits per heavy atom. The topological polar surface area (TPSA) is 35.5 Å². The van der Waals surface area contributed by atoms with Gasteiger partial charge in [0.1, 0.15) is 6.61 Å². The second-order valence-electron chi connectivity index (χ2n) is 6.05. The summed E-state index contributed by atoms with van der Waals surface area (Å²) in [5, 5.41) is 0. The van der Waals surface area contributed by atoms with Gasteiger partial charge >= 0.3 is 5.97 Å². The normalized spacial score (nSPS) is 11.3. The summed E-state index contributed by atoms with van der Waals surface area (Å²) in [5.41, 5.74) is 0. The lowest BCUT2D eigenvalue weighted by molar-refractivity contribution is -0.149. The van der Waals surface area contributed by atoms with Gasteiger partial charge in [-0.05, 0) is 31.1 Å². The maximum absolute atomic E-state index is 11.3. The van der Waals surface area contributed by atoms with Crippen LogP contribution in [0.1, 0.15) is 66.2 Å². The highest BCUT2D eigenvalue weighted by Gasteiger charge is 2.03. The quantitative estimate of drug-likeness (QED) is 0.394. The minimum Gasteiger partial charge on any atom is -0.464 e. The Labute approximate surface area is 119 Å². The van der Waals surface area contributed by atoms with Crippen LogP contribution in [-0.4, -0.2) is 25.8 Å². The second kappa shape index (κ2) is 12.5. The van der Waals surface area contributed by atoms with Crippen LogP contribution in [0, 0.1) is 11.8 Å². The van der Waals surface area contributed by atoms with E-state index in [1.165, 1.54) is 19.3 Å². The third kappa shape index (κ3) is 15.4. The van der Waals surface area contributed by atoms with Crippen molar-refractivity contribution in [3.63, 3.8) is 0 Å². The van der Waals surface area contributed by atoms with Crippen LogP contribution in [0.5, 0.6) is 0 Å². The standard InChI is InChI=1S/C16H32O3/c1-14(2)9-5-7-11-18-13-16(17)19-12-8-6-10-15(3)4/h14-15H,5-13H2,1-4H3. The number of rotatable bonds is 12. The molecule has 0 unspecified atom stereocenters. The van der Waals surface area contributed by atoms with E-state index < -0.39 is 0 Å². The Kier molecular flexibility index (Phi) is 12.1. The van der Waals surface area contributed by atoms with Crippen LogP contribution in [0.4, 0.5) is 0 Å². The number of carbonyl (C=O) groups excluding carboxylic acids is 1. The molecular weight excluding hydrogens is 240 g/mol. The fourth-order valence-electron chi connectivity index (χ4n) is 1.79. The monoisotopic (exact) mass is 272 g/mol. The van der Waals surface area contributed by atoms with Gasteiger partial charge in [-0.2, -0.15) is 0 Å². The summed E-state index contributed by atoms with van der Waals surface area (Å²) in [4.78, 5) is 11.3. The van der Waals surface area contributed by atoms with E-state index in [9.17, 15) is 4.79 Å². The minimum absolute atomic E-state index is 0.103. The molecule has 0 aromatic rings. The maximum Gasteiger partial charge on any atom is 0.332 e. The molecule has 0 saturated heterocycles. The minimum atomic E-state index is -0.228. The molecule has 0 aliphatic heterocycles. The van der Waals surface area contributed by atoms with Crippen LogP contribution in [0.3, 0.4) is 0 Å². The molecule has 0 atom stereocenters. The van der Waals surface area contributed by atoms with Crippen molar-refractivity contribution in [2.24, 2.45) is 11.8 Å². The Morgan fingerprint density at radius 1 is 0.842 bits per heavy atom. The Balaban J connectivity index is 3.21. The first kappa shape index (κ1) is 18.4. The highest BCUT2D eigenvalue weighted by Crippen LogP contribution is 2.07. The van der Waals surface area contributed by atoms with E-state index in [4.69, 9.17) is 9.47 Å². The van der Waals surface area contributed by atoms with E-state index in [1.54, 1.807) is 0 Å². The molecule has 0 heterocycles. The average molecular weight is 272 g/mol. The fraction of sp³-hybridized carbons (Fsp3) is 0.938. The molecule has 0 fully saturated rings. The van der Waals surface area contributed by atoms with Gasteiger partial charge in [-0.25, -0.2) is 4.79 Å². The summed E-state index contributed by atoms with van der Waals surface area (Å²) in [7, 11) is 0. The molecule has 0 radical (unpaired) electrons. The molecule has 0 aliphatic carbocycles. The smallest absolute Gasteiger partial charge is 0.332 e. The van der Waals surface area contributed by atoms with Gasteiger partial charge in [-0.3, -0.25) is 0 Å². The highest BCUT2D eigenvalue weighted by molar-refractivity contribution is 5.70. The van der Waals surface area contributed by atoms with Crippen LogP contribution in [0.25, 0.3) is 0 Å². The predicted molar refractivity (Wildman–Crippen MR) is 79.2 cm³/mol. The maximum atomic E-state index is 11.3. The van der Waals surface area contributed by atoms with Gasteiger partial charge in [0.2, 0.25) is 0 Å². The van der Waals surface area contributed by atoms with Crippen LogP contribution in [0.2, 0.25) is 0 Å². The van der Waals surface area contributed by atoms with E-state index in [2.05, 4.69) is 27.7 Å². The fourth-order valence-corrected chi connectivity index (χ4v) is 1.79. The summed E-state index contributed by atoms with van der Waals surface area (Å²) in [5.74, 6) is 1.24.